The van der Waals surface area contributed by atoms with Crippen LogP contribution in [-0.4, -0.2) is 39.7 Å². The fourth-order valence-corrected chi connectivity index (χ4v) is 4.54. The normalized spacial score (nSPS) is 17.8. The first kappa shape index (κ1) is 17.4. The third-order valence-electron chi connectivity index (χ3n) is 5.96. The lowest BCUT2D eigenvalue weighted by Gasteiger charge is -2.35. The number of halogens is 1. The van der Waals surface area contributed by atoms with Crippen molar-refractivity contribution in [1.29, 1.82) is 0 Å². The van der Waals surface area contributed by atoms with Crippen LogP contribution in [0.15, 0.2) is 24.3 Å². The Balaban J connectivity index is 1.51. The third kappa shape index (κ3) is 3.09. The zero-order valence-corrected chi connectivity index (χ0v) is 15.9. The second-order valence-corrected chi connectivity index (χ2v) is 7.86. The molecule has 7 heteroatoms. The Bertz CT molecular complexity index is 990. The second kappa shape index (κ2) is 7.05. The number of benzene rings is 1. The van der Waals surface area contributed by atoms with Crippen LogP contribution in [-0.2, 0) is 19.5 Å². The molecule has 1 fully saturated rings. The van der Waals surface area contributed by atoms with E-state index in [4.69, 9.17) is 10.7 Å². The molecule has 2 aliphatic rings. The summed E-state index contributed by atoms with van der Waals surface area (Å²) in [6, 6.07) is 6.80. The Morgan fingerprint density at radius 1 is 1.04 bits per heavy atom. The number of hydrogen-bond donors (Lipinski definition) is 2. The molecule has 1 saturated heterocycles. The number of aromatic amines is 1. The molecule has 6 nitrogen and oxygen atoms in total. The highest BCUT2D eigenvalue weighted by Crippen LogP contribution is 2.36. The van der Waals surface area contributed by atoms with Gasteiger partial charge in [0.05, 0.1) is 5.39 Å². The van der Waals surface area contributed by atoms with Gasteiger partial charge < -0.3 is 10.6 Å². The van der Waals surface area contributed by atoms with Crippen molar-refractivity contribution in [2.75, 3.05) is 30.3 Å². The maximum Gasteiger partial charge on any atom is 0.185 e. The second-order valence-electron chi connectivity index (χ2n) is 7.86. The quantitative estimate of drug-likeness (QED) is 0.730. The van der Waals surface area contributed by atoms with E-state index in [2.05, 4.69) is 20.0 Å². The van der Waals surface area contributed by atoms with Crippen LogP contribution in [0.5, 0.6) is 0 Å². The van der Waals surface area contributed by atoms with Gasteiger partial charge in [-0.3, -0.25) is 10.00 Å². The Kier molecular flexibility index (Phi) is 4.39. The minimum absolute atomic E-state index is 0.192. The van der Waals surface area contributed by atoms with Gasteiger partial charge in [-0.2, -0.15) is 5.10 Å². The first-order chi connectivity index (χ1) is 13.7. The molecule has 5 rings (SSSR count). The lowest BCUT2D eigenvalue weighted by Crippen LogP contribution is -2.35. The number of rotatable bonds is 3. The molecule has 0 unspecified atom stereocenters. The van der Waals surface area contributed by atoms with E-state index in [9.17, 15) is 4.39 Å². The Morgan fingerprint density at radius 2 is 1.82 bits per heavy atom. The molecular formula is C21H25FN6. The molecule has 0 radical (unpaired) electrons. The summed E-state index contributed by atoms with van der Waals surface area (Å²) >= 11 is 0. The van der Waals surface area contributed by atoms with Crippen LogP contribution in [0.25, 0.3) is 11.0 Å². The van der Waals surface area contributed by atoms with Crippen molar-refractivity contribution in [2.45, 2.75) is 38.8 Å². The van der Waals surface area contributed by atoms with E-state index >= 15 is 0 Å². The number of nitrogens with zero attached hydrogens (tertiary/aromatic N) is 4. The predicted molar refractivity (Wildman–Crippen MR) is 109 cm³/mol. The maximum absolute atomic E-state index is 13.2. The monoisotopic (exact) mass is 380 g/mol. The van der Waals surface area contributed by atoms with Crippen LogP contribution in [0.1, 0.15) is 36.0 Å². The number of anilines is 2. The standard InChI is InChI=1S/C21H25FN6/c22-15-6-4-14(5-7-15)12-27-11-8-16-17(13-27)21(28-9-2-1-3-10-28)24-20-18(16)19(23)25-26-20/h4-7H,1-3,8-13H2,(H3,23,24,25,26). The Labute approximate surface area is 163 Å². The summed E-state index contributed by atoms with van der Waals surface area (Å²) in [7, 11) is 0. The number of hydrogen-bond acceptors (Lipinski definition) is 5. The molecule has 0 spiro atoms. The summed E-state index contributed by atoms with van der Waals surface area (Å²) in [6.07, 6.45) is 4.61. The lowest BCUT2D eigenvalue weighted by atomic mass is 9.96. The van der Waals surface area contributed by atoms with Gasteiger partial charge in [0.1, 0.15) is 17.5 Å². The molecule has 2 aromatic heterocycles. The molecule has 2 aliphatic heterocycles. The van der Waals surface area contributed by atoms with E-state index in [-0.39, 0.29) is 5.82 Å². The highest BCUT2D eigenvalue weighted by molar-refractivity contribution is 5.92. The molecule has 28 heavy (non-hydrogen) atoms. The van der Waals surface area contributed by atoms with Crippen molar-refractivity contribution in [3.05, 3.63) is 46.8 Å². The van der Waals surface area contributed by atoms with Crippen LogP contribution in [0.4, 0.5) is 16.0 Å². The zero-order valence-electron chi connectivity index (χ0n) is 15.9. The van der Waals surface area contributed by atoms with E-state index < -0.39 is 0 Å². The molecule has 0 saturated carbocycles. The summed E-state index contributed by atoms with van der Waals surface area (Å²) in [5.74, 6) is 1.48. The Hall–Kier alpha value is -2.67. The van der Waals surface area contributed by atoms with Crippen LogP contribution < -0.4 is 10.6 Å². The smallest absolute Gasteiger partial charge is 0.185 e. The zero-order chi connectivity index (χ0) is 19.1. The van der Waals surface area contributed by atoms with Crippen LogP contribution in [0, 0.1) is 5.82 Å². The number of aromatic nitrogens is 3. The summed E-state index contributed by atoms with van der Waals surface area (Å²) in [6.45, 7) is 4.66. The molecule has 0 aliphatic carbocycles. The highest BCUT2D eigenvalue weighted by Gasteiger charge is 2.28. The van der Waals surface area contributed by atoms with E-state index in [1.165, 1.54) is 42.5 Å². The number of fused-ring (bicyclic) bond motifs is 3. The number of nitrogens with one attached hydrogen (secondary N) is 1. The number of nitrogen functional groups attached to an aromatic ring is 1. The third-order valence-corrected chi connectivity index (χ3v) is 5.96. The summed E-state index contributed by atoms with van der Waals surface area (Å²) in [4.78, 5) is 9.73. The van der Waals surface area contributed by atoms with Crippen LogP contribution in [0.2, 0.25) is 0 Å². The summed E-state index contributed by atoms with van der Waals surface area (Å²) < 4.78 is 13.2. The lowest BCUT2D eigenvalue weighted by molar-refractivity contribution is 0.246. The average Bonchev–Trinajstić information content (AvgIpc) is 3.10. The van der Waals surface area contributed by atoms with Gasteiger partial charge >= 0.3 is 0 Å². The Morgan fingerprint density at radius 3 is 2.61 bits per heavy atom. The van der Waals surface area contributed by atoms with Gasteiger partial charge in [-0.25, -0.2) is 9.37 Å². The van der Waals surface area contributed by atoms with E-state index in [0.717, 1.165) is 61.6 Å². The first-order valence-corrected chi connectivity index (χ1v) is 10.1. The average molecular weight is 380 g/mol. The van der Waals surface area contributed by atoms with Crippen molar-refractivity contribution in [2.24, 2.45) is 0 Å². The fraction of sp³-hybridized carbons (Fsp3) is 0.429. The molecule has 3 aromatic rings. The number of nitrogens with two attached hydrogens (primary N) is 1. The van der Waals surface area contributed by atoms with Crippen molar-refractivity contribution in [3.8, 4) is 0 Å². The highest BCUT2D eigenvalue weighted by atomic mass is 19.1. The van der Waals surface area contributed by atoms with Gasteiger partial charge in [-0.05, 0) is 48.9 Å². The molecular weight excluding hydrogens is 355 g/mol. The molecule has 0 atom stereocenters. The predicted octanol–water partition coefficient (Wildman–Crippen LogP) is 3.23. The summed E-state index contributed by atoms with van der Waals surface area (Å²) in [5.41, 5.74) is 10.6. The number of H-pyrrole nitrogens is 1. The van der Waals surface area contributed by atoms with Crippen molar-refractivity contribution in [3.63, 3.8) is 0 Å². The van der Waals surface area contributed by atoms with Crippen molar-refractivity contribution in [1.82, 2.24) is 20.1 Å². The number of pyridine rings is 1. The van der Waals surface area contributed by atoms with Gasteiger partial charge in [0.15, 0.2) is 5.65 Å². The molecule has 3 N–H and O–H groups in total. The fourth-order valence-electron chi connectivity index (χ4n) is 4.54. The topological polar surface area (TPSA) is 74.1 Å². The summed E-state index contributed by atoms with van der Waals surface area (Å²) in [5, 5.41) is 8.23. The van der Waals surface area contributed by atoms with Gasteiger partial charge in [0.25, 0.3) is 0 Å². The maximum atomic E-state index is 13.2. The van der Waals surface area contributed by atoms with E-state index in [0.29, 0.717) is 5.82 Å². The number of piperidine rings is 1. The van der Waals surface area contributed by atoms with Crippen molar-refractivity contribution < 1.29 is 4.39 Å². The SMILES string of the molecule is Nc1[nH]nc2nc(N3CCCCC3)c3c(c12)CCN(Cc1ccc(F)cc1)C3. The molecule has 146 valence electrons. The minimum atomic E-state index is -0.192. The van der Waals surface area contributed by atoms with E-state index in [1.54, 1.807) is 0 Å². The molecule has 0 amide bonds. The van der Waals surface area contributed by atoms with Gasteiger partial charge in [0, 0.05) is 38.3 Å². The molecule has 4 heterocycles. The molecule has 0 bridgehead atoms. The van der Waals surface area contributed by atoms with E-state index in [1.807, 2.05) is 12.1 Å². The van der Waals surface area contributed by atoms with Crippen LogP contribution in [0.3, 0.4) is 0 Å². The minimum Gasteiger partial charge on any atom is -0.384 e. The van der Waals surface area contributed by atoms with Gasteiger partial charge in [0.2, 0.25) is 0 Å². The molecule has 1 aromatic carbocycles. The first-order valence-electron chi connectivity index (χ1n) is 10.1. The van der Waals surface area contributed by atoms with Crippen molar-refractivity contribution >= 4 is 22.7 Å². The largest absolute Gasteiger partial charge is 0.384 e. The van der Waals surface area contributed by atoms with Gasteiger partial charge in [-0.15, -0.1) is 0 Å². The van der Waals surface area contributed by atoms with Gasteiger partial charge in [-0.1, -0.05) is 12.1 Å². The van der Waals surface area contributed by atoms with Crippen LogP contribution >= 0.6 is 0 Å².